The number of anilines is 2. The first-order valence-electron chi connectivity index (χ1n) is 11.7. The number of hydrogen-bond donors (Lipinski definition) is 1. The summed E-state index contributed by atoms with van der Waals surface area (Å²) in [6, 6.07) is 7.91. The number of aromatic nitrogens is 3. The zero-order valence-electron chi connectivity index (χ0n) is 20.0. The highest BCUT2D eigenvalue weighted by atomic mass is 19.3. The minimum atomic E-state index is -3.01. The normalized spacial score (nSPS) is 18.0. The number of pyridine rings is 1. The first-order chi connectivity index (χ1) is 17.2. The SMILES string of the molecule is Cc1nc(N[C@H](C)c2cccc3c2OCC3(F)F)c2c(n1)N1CCN=C1C(c1ccn(C)c(=O)c1)=C2. The topological polar surface area (TPSA) is 84.6 Å². The summed E-state index contributed by atoms with van der Waals surface area (Å²) in [6.07, 6.45) is 3.67. The summed E-state index contributed by atoms with van der Waals surface area (Å²) in [6.45, 7) is 4.31. The van der Waals surface area contributed by atoms with Crippen LogP contribution in [0.2, 0.25) is 0 Å². The number of aryl methyl sites for hydroxylation is 2. The minimum Gasteiger partial charge on any atom is -0.486 e. The molecular weight excluding hydrogens is 466 g/mol. The van der Waals surface area contributed by atoms with E-state index in [1.54, 1.807) is 31.4 Å². The number of alkyl halides is 2. The van der Waals surface area contributed by atoms with E-state index in [4.69, 9.17) is 9.72 Å². The molecule has 10 heteroatoms. The van der Waals surface area contributed by atoms with Gasteiger partial charge < -0.3 is 19.5 Å². The van der Waals surface area contributed by atoms with E-state index in [0.29, 0.717) is 30.3 Å². The Hall–Kier alpha value is -4.08. The maximum absolute atomic E-state index is 14.3. The molecule has 1 atom stereocenters. The van der Waals surface area contributed by atoms with Crippen molar-refractivity contribution in [1.29, 1.82) is 0 Å². The molecule has 184 valence electrons. The molecule has 1 aromatic carbocycles. The van der Waals surface area contributed by atoms with Gasteiger partial charge in [-0.2, -0.15) is 8.78 Å². The lowest BCUT2D eigenvalue weighted by Crippen LogP contribution is -2.33. The molecule has 3 aromatic rings. The van der Waals surface area contributed by atoms with E-state index < -0.39 is 12.5 Å². The maximum Gasteiger partial charge on any atom is 0.310 e. The number of fused-ring (bicyclic) bond motifs is 4. The molecule has 1 N–H and O–H groups in total. The number of aliphatic imine (C=N–C) groups is 1. The van der Waals surface area contributed by atoms with E-state index in [0.717, 1.165) is 28.4 Å². The van der Waals surface area contributed by atoms with Crippen LogP contribution < -0.4 is 20.5 Å². The van der Waals surface area contributed by atoms with Crippen molar-refractivity contribution >= 4 is 29.1 Å². The largest absolute Gasteiger partial charge is 0.486 e. The van der Waals surface area contributed by atoms with Gasteiger partial charge in [0.15, 0.2) is 6.61 Å². The van der Waals surface area contributed by atoms with Gasteiger partial charge in [-0.3, -0.25) is 9.79 Å². The second kappa shape index (κ2) is 7.97. The fraction of sp³-hybridized carbons (Fsp3) is 0.308. The van der Waals surface area contributed by atoms with Crippen LogP contribution in [0.15, 0.2) is 46.3 Å². The van der Waals surface area contributed by atoms with Crippen LogP contribution in [0.5, 0.6) is 5.75 Å². The van der Waals surface area contributed by atoms with E-state index in [1.807, 2.05) is 30.9 Å². The highest BCUT2D eigenvalue weighted by Gasteiger charge is 2.43. The third-order valence-corrected chi connectivity index (χ3v) is 6.74. The standard InChI is InChI=1S/C26H24F2N6O2/c1-14(17-5-4-6-20-22(17)36-13-26(20,27)28)30-23-19-12-18(16-7-9-33(3)21(35)11-16)24-29-8-10-34(24)25(19)32-15(2)31-23/h4-7,9,11-12,14H,8,10,13H2,1-3H3,(H,30,31,32)/t14-/m1/s1. The second-order valence-corrected chi connectivity index (χ2v) is 9.22. The van der Waals surface area contributed by atoms with Gasteiger partial charge in [0, 0.05) is 37.0 Å². The summed E-state index contributed by atoms with van der Waals surface area (Å²) < 4.78 is 35.4. The molecule has 0 spiro atoms. The molecule has 2 aromatic heterocycles. The number of benzene rings is 1. The van der Waals surface area contributed by atoms with Gasteiger partial charge >= 0.3 is 5.92 Å². The average molecular weight is 491 g/mol. The molecule has 0 unspecified atom stereocenters. The van der Waals surface area contributed by atoms with Crippen molar-refractivity contribution in [2.24, 2.45) is 12.0 Å². The smallest absolute Gasteiger partial charge is 0.310 e. The van der Waals surface area contributed by atoms with E-state index in [-0.39, 0.29) is 22.9 Å². The Morgan fingerprint density at radius 1 is 1.22 bits per heavy atom. The number of para-hydroxylation sites is 1. The molecule has 36 heavy (non-hydrogen) atoms. The molecule has 0 radical (unpaired) electrons. The molecule has 0 bridgehead atoms. The molecule has 3 aliphatic rings. The lowest BCUT2D eigenvalue weighted by Gasteiger charge is -2.29. The van der Waals surface area contributed by atoms with Gasteiger partial charge in [0.2, 0.25) is 0 Å². The molecule has 6 rings (SSSR count). The Bertz CT molecular complexity index is 1530. The molecule has 8 nitrogen and oxygen atoms in total. The van der Waals surface area contributed by atoms with Crippen LogP contribution in [0.3, 0.4) is 0 Å². The summed E-state index contributed by atoms with van der Waals surface area (Å²) in [5, 5.41) is 3.40. The number of rotatable bonds is 4. The molecule has 0 saturated heterocycles. The van der Waals surface area contributed by atoms with Gasteiger partial charge in [-0.15, -0.1) is 0 Å². The van der Waals surface area contributed by atoms with Crippen LogP contribution in [0.1, 0.15) is 41.0 Å². The van der Waals surface area contributed by atoms with Crippen molar-refractivity contribution in [1.82, 2.24) is 14.5 Å². The molecule has 3 aliphatic heterocycles. The Morgan fingerprint density at radius 3 is 2.86 bits per heavy atom. The summed E-state index contributed by atoms with van der Waals surface area (Å²) in [7, 11) is 1.70. The van der Waals surface area contributed by atoms with E-state index >= 15 is 0 Å². The van der Waals surface area contributed by atoms with E-state index in [1.165, 1.54) is 10.6 Å². The summed E-state index contributed by atoms with van der Waals surface area (Å²) in [4.78, 5) is 28.4. The number of amidine groups is 1. The first-order valence-corrected chi connectivity index (χ1v) is 11.7. The van der Waals surface area contributed by atoms with Crippen molar-refractivity contribution in [3.63, 3.8) is 0 Å². The highest BCUT2D eigenvalue weighted by Crippen LogP contribution is 2.45. The molecule has 5 heterocycles. The van der Waals surface area contributed by atoms with Crippen molar-refractivity contribution in [3.05, 3.63) is 75.0 Å². The van der Waals surface area contributed by atoms with E-state index in [2.05, 4.69) is 15.3 Å². The van der Waals surface area contributed by atoms with Gasteiger partial charge in [0.1, 0.15) is 29.0 Å². The van der Waals surface area contributed by atoms with Gasteiger partial charge in [-0.1, -0.05) is 12.1 Å². The number of nitrogens with zero attached hydrogens (tertiary/aromatic N) is 5. The van der Waals surface area contributed by atoms with Gasteiger partial charge in [-0.25, -0.2) is 9.97 Å². The van der Waals surface area contributed by atoms with Crippen molar-refractivity contribution < 1.29 is 13.5 Å². The van der Waals surface area contributed by atoms with Gasteiger partial charge in [0.05, 0.1) is 23.7 Å². The summed E-state index contributed by atoms with van der Waals surface area (Å²) >= 11 is 0. The van der Waals surface area contributed by atoms with Crippen LogP contribution >= 0.6 is 0 Å². The van der Waals surface area contributed by atoms with Crippen LogP contribution in [-0.2, 0) is 13.0 Å². The molecule has 0 aliphatic carbocycles. The third kappa shape index (κ3) is 3.47. The van der Waals surface area contributed by atoms with Crippen molar-refractivity contribution in [2.75, 3.05) is 29.9 Å². The zero-order chi connectivity index (χ0) is 25.2. The Balaban J connectivity index is 1.45. The fourth-order valence-electron chi connectivity index (χ4n) is 4.90. The maximum atomic E-state index is 14.3. The monoisotopic (exact) mass is 490 g/mol. The van der Waals surface area contributed by atoms with Crippen LogP contribution in [0, 0.1) is 6.92 Å². The van der Waals surface area contributed by atoms with Gasteiger partial charge in [0.25, 0.3) is 5.56 Å². The molecule has 0 fully saturated rings. The predicted molar refractivity (Wildman–Crippen MR) is 134 cm³/mol. The summed E-state index contributed by atoms with van der Waals surface area (Å²) in [5.74, 6) is -0.161. The highest BCUT2D eigenvalue weighted by molar-refractivity contribution is 6.36. The van der Waals surface area contributed by atoms with Crippen molar-refractivity contribution in [2.45, 2.75) is 25.8 Å². The van der Waals surface area contributed by atoms with Crippen LogP contribution in [-0.4, -0.2) is 40.1 Å². The van der Waals surface area contributed by atoms with E-state index in [9.17, 15) is 13.6 Å². The fourth-order valence-corrected chi connectivity index (χ4v) is 4.90. The quantitative estimate of drug-likeness (QED) is 0.597. The van der Waals surface area contributed by atoms with Crippen molar-refractivity contribution in [3.8, 4) is 5.75 Å². The Labute approximate surface area is 206 Å². The molecular formula is C26H24F2N6O2. The zero-order valence-corrected chi connectivity index (χ0v) is 20.0. The van der Waals surface area contributed by atoms with Gasteiger partial charge in [-0.05, 0) is 37.6 Å². The Kier molecular flexibility index (Phi) is 4.96. The lowest BCUT2D eigenvalue weighted by molar-refractivity contribution is -0.0214. The third-order valence-electron chi connectivity index (χ3n) is 6.74. The van der Waals surface area contributed by atoms with Crippen LogP contribution in [0.4, 0.5) is 20.4 Å². The number of hydrogen-bond acceptors (Lipinski definition) is 7. The number of ether oxygens (including phenoxy) is 1. The Morgan fingerprint density at radius 2 is 2.06 bits per heavy atom. The average Bonchev–Trinajstić information content (AvgIpc) is 3.45. The first kappa shape index (κ1) is 22.4. The number of nitrogens with one attached hydrogen (secondary N) is 1. The summed E-state index contributed by atoms with van der Waals surface area (Å²) in [5.41, 5.74) is 2.73. The minimum absolute atomic E-state index is 0.0969. The molecule has 0 saturated carbocycles. The predicted octanol–water partition coefficient (Wildman–Crippen LogP) is 3.91. The second-order valence-electron chi connectivity index (χ2n) is 9.22. The van der Waals surface area contributed by atoms with Crippen LogP contribution in [0.25, 0.3) is 11.6 Å². The molecule has 0 amide bonds. The lowest BCUT2D eigenvalue weighted by atomic mass is 9.98. The number of halogens is 2.